The lowest BCUT2D eigenvalue weighted by Crippen LogP contribution is -2.12. The summed E-state index contributed by atoms with van der Waals surface area (Å²) in [4.78, 5) is 4.34. The number of aromatic nitrogens is 2. The Balaban J connectivity index is 2.15. The van der Waals surface area contributed by atoms with E-state index in [-0.39, 0.29) is 0 Å². The summed E-state index contributed by atoms with van der Waals surface area (Å²) in [6.45, 7) is 3.07. The number of nitrogens with one attached hydrogen (secondary N) is 1. The summed E-state index contributed by atoms with van der Waals surface area (Å²) in [6.07, 6.45) is 2.48. The summed E-state index contributed by atoms with van der Waals surface area (Å²) in [6, 6.07) is 0.487. The Morgan fingerprint density at radius 2 is 2.55 bits per heavy atom. The molecule has 1 aliphatic heterocycles. The molecule has 0 aliphatic carbocycles. The number of nitrogens with zero attached hydrogens (tertiary/aromatic N) is 2. The van der Waals surface area contributed by atoms with Crippen LogP contribution >= 0.6 is 11.5 Å². The van der Waals surface area contributed by atoms with E-state index in [9.17, 15) is 0 Å². The minimum atomic E-state index is 0.487. The summed E-state index contributed by atoms with van der Waals surface area (Å²) in [5.74, 6) is 0.902. The summed E-state index contributed by atoms with van der Waals surface area (Å²) in [7, 11) is 0. The molecule has 4 heteroatoms. The molecule has 2 heterocycles. The number of aryl methyl sites for hydroxylation is 1. The van der Waals surface area contributed by atoms with Gasteiger partial charge in [-0.05, 0) is 37.8 Å². The fourth-order valence-corrected chi connectivity index (χ4v) is 2.12. The molecule has 1 aromatic rings. The molecule has 0 spiro atoms. The number of hydrogen-bond donors (Lipinski definition) is 1. The van der Waals surface area contributed by atoms with Gasteiger partial charge < -0.3 is 5.32 Å². The highest BCUT2D eigenvalue weighted by molar-refractivity contribution is 7.05. The molecule has 0 amide bonds. The Bertz CT molecular complexity index is 240. The van der Waals surface area contributed by atoms with Crippen molar-refractivity contribution in [1.29, 1.82) is 0 Å². The SMILES string of the molecule is Cc1nsc(C2CCCN2)n1. The minimum absolute atomic E-state index is 0.487. The summed E-state index contributed by atoms with van der Waals surface area (Å²) in [5, 5.41) is 4.55. The first-order chi connectivity index (χ1) is 5.36. The lowest BCUT2D eigenvalue weighted by atomic mass is 10.2. The van der Waals surface area contributed by atoms with Gasteiger partial charge in [-0.15, -0.1) is 0 Å². The molecular formula is C7H11N3S. The average molecular weight is 169 g/mol. The van der Waals surface area contributed by atoms with Gasteiger partial charge in [0.15, 0.2) is 0 Å². The second kappa shape index (κ2) is 2.87. The zero-order valence-electron chi connectivity index (χ0n) is 6.50. The highest BCUT2D eigenvalue weighted by Crippen LogP contribution is 2.23. The predicted molar refractivity (Wildman–Crippen MR) is 44.6 cm³/mol. The second-order valence-corrected chi connectivity index (χ2v) is 3.61. The van der Waals surface area contributed by atoms with E-state index in [1.165, 1.54) is 24.4 Å². The monoisotopic (exact) mass is 169 g/mol. The van der Waals surface area contributed by atoms with Gasteiger partial charge in [-0.3, -0.25) is 0 Å². The molecule has 1 aromatic heterocycles. The van der Waals surface area contributed by atoms with Crippen LogP contribution in [0.5, 0.6) is 0 Å². The van der Waals surface area contributed by atoms with Crippen molar-refractivity contribution in [2.75, 3.05) is 6.54 Å². The molecule has 60 valence electrons. The first kappa shape index (κ1) is 7.18. The van der Waals surface area contributed by atoms with Crippen molar-refractivity contribution < 1.29 is 0 Å². The number of rotatable bonds is 1. The third-order valence-electron chi connectivity index (χ3n) is 1.90. The zero-order chi connectivity index (χ0) is 7.68. The quantitative estimate of drug-likeness (QED) is 0.688. The van der Waals surface area contributed by atoms with E-state index in [2.05, 4.69) is 14.7 Å². The van der Waals surface area contributed by atoms with Gasteiger partial charge >= 0.3 is 0 Å². The molecule has 1 atom stereocenters. The minimum Gasteiger partial charge on any atom is -0.308 e. The molecule has 1 fully saturated rings. The fraction of sp³-hybridized carbons (Fsp3) is 0.714. The molecule has 0 radical (unpaired) electrons. The zero-order valence-corrected chi connectivity index (χ0v) is 7.32. The van der Waals surface area contributed by atoms with Gasteiger partial charge in [0, 0.05) is 0 Å². The third-order valence-corrected chi connectivity index (χ3v) is 2.82. The van der Waals surface area contributed by atoms with Gasteiger partial charge in [-0.2, -0.15) is 4.37 Å². The van der Waals surface area contributed by atoms with Crippen LogP contribution in [0.4, 0.5) is 0 Å². The van der Waals surface area contributed by atoms with E-state index in [0.717, 1.165) is 17.4 Å². The van der Waals surface area contributed by atoms with Crippen LogP contribution in [0.2, 0.25) is 0 Å². The third kappa shape index (κ3) is 1.41. The standard InChI is InChI=1S/C7H11N3S/c1-5-9-7(11-10-5)6-3-2-4-8-6/h6,8H,2-4H2,1H3. The van der Waals surface area contributed by atoms with E-state index in [0.29, 0.717) is 6.04 Å². The second-order valence-electron chi connectivity index (χ2n) is 2.83. The maximum atomic E-state index is 4.34. The molecule has 2 rings (SSSR count). The Morgan fingerprint density at radius 1 is 1.64 bits per heavy atom. The molecule has 0 aromatic carbocycles. The van der Waals surface area contributed by atoms with Crippen LogP contribution < -0.4 is 5.32 Å². The molecule has 0 saturated carbocycles. The lowest BCUT2D eigenvalue weighted by molar-refractivity contribution is 0.641. The van der Waals surface area contributed by atoms with Gasteiger partial charge in [0.2, 0.25) is 0 Å². The van der Waals surface area contributed by atoms with Crippen LogP contribution in [-0.4, -0.2) is 15.9 Å². The smallest absolute Gasteiger partial charge is 0.139 e. The lowest BCUT2D eigenvalue weighted by Gasteiger charge is -2.02. The molecule has 1 saturated heterocycles. The van der Waals surface area contributed by atoms with Crippen molar-refractivity contribution in [2.24, 2.45) is 0 Å². The van der Waals surface area contributed by atoms with Gasteiger partial charge in [0.25, 0.3) is 0 Å². The van der Waals surface area contributed by atoms with E-state index < -0.39 is 0 Å². The Morgan fingerprint density at radius 3 is 3.09 bits per heavy atom. The van der Waals surface area contributed by atoms with E-state index in [1.54, 1.807) is 0 Å². The van der Waals surface area contributed by atoms with Gasteiger partial charge in [0.05, 0.1) is 6.04 Å². The van der Waals surface area contributed by atoms with Gasteiger partial charge in [-0.1, -0.05) is 0 Å². The van der Waals surface area contributed by atoms with Crippen molar-refractivity contribution in [1.82, 2.24) is 14.7 Å². The topological polar surface area (TPSA) is 37.8 Å². The van der Waals surface area contributed by atoms with Gasteiger partial charge in [-0.25, -0.2) is 4.98 Å². The van der Waals surface area contributed by atoms with E-state index in [1.807, 2.05) is 6.92 Å². The van der Waals surface area contributed by atoms with Crippen LogP contribution in [0, 0.1) is 6.92 Å². The first-order valence-corrected chi connectivity index (χ1v) is 4.67. The molecule has 11 heavy (non-hydrogen) atoms. The van der Waals surface area contributed by atoms with Crippen molar-refractivity contribution in [3.05, 3.63) is 10.8 Å². The first-order valence-electron chi connectivity index (χ1n) is 3.90. The van der Waals surface area contributed by atoms with Crippen LogP contribution in [-0.2, 0) is 0 Å². The van der Waals surface area contributed by atoms with E-state index >= 15 is 0 Å². The maximum absolute atomic E-state index is 4.34. The fourth-order valence-electron chi connectivity index (χ4n) is 1.35. The van der Waals surface area contributed by atoms with Gasteiger partial charge in [0.1, 0.15) is 10.8 Å². The van der Waals surface area contributed by atoms with Crippen LogP contribution in [0.1, 0.15) is 29.7 Å². The van der Waals surface area contributed by atoms with Crippen molar-refractivity contribution in [2.45, 2.75) is 25.8 Å². The van der Waals surface area contributed by atoms with Crippen molar-refractivity contribution in [3.8, 4) is 0 Å². The molecule has 1 unspecified atom stereocenters. The summed E-state index contributed by atoms with van der Waals surface area (Å²) >= 11 is 1.52. The molecule has 3 nitrogen and oxygen atoms in total. The maximum Gasteiger partial charge on any atom is 0.139 e. The Labute approximate surface area is 70.0 Å². The van der Waals surface area contributed by atoms with Crippen LogP contribution in [0.15, 0.2) is 0 Å². The molecular weight excluding hydrogens is 158 g/mol. The highest BCUT2D eigenvalue weighted by Gasteiger charge is 2.19. The van der Waals surface area contributed by atoms with Crippen LogP contribution in [0.3, 0.4) is 0 Å². The molecule has 1 aliphatic rings. The molecule has 0 bridgehead atoms. The number of hydrogen-bond acceptors (Lipinski definition) is 4. The van der Waals surface area contributed by atoms with Crippen molar-refractivity contribution in [3.63, 3.8) is 0 Å². The Kier molecular flexibility index (Phi) is 1.87. The largest absolute Gasteiger partial charge is 0.308 e. The average Bonchev–Trinajstić information content (AvgIpc) is 2.55. The normalized spacial score (nSPS) is 24.3. The van der Waals surface area contributed by atoms with Crippen LogP contribution in [0.25, 0.3) is 0 Å². The Hall–Kier alpha value is -0.480. The summed E-state index contributed by atoms with van der Waals surface area (Å²) < 4.78 is 4.15. The highest BCUT2D eigenvalue weighted by atomic mass is 32.1. The molecule has 1 N–H and O–H groups in total. The van der Waals surface area contributed by atoms with E-state index in [4.69, 9.17) is 0 Å². The predicted octanol–water partition coefficient (Wildman–Crippen LogP) is 1.27. The van der Waals surface area contributed by atoms with Crippen molar-refractivity contribution >= 4 is 11.5 Å². The summed E-state index contributed by atoms with van der Waals surface area (Å²) in [5.41, 5.74) is 0.